The molecule has 2 saturated heterocycles. The van der Waals surface area contributed by atoms with Crippen LogP contribution in [0.5, 0.6) is 0 Å². The molecule has 0 amide bonds. The van der Waals surface area contributed by atoms with Gasteiger partial charge in [-0.05, 0) is 34.1 Å². The smallest absolute Gasteiger partial charge is 0.243 e. The molecule has 0 unspecified atom stereocenters. The zero-order chi connectivity index (χ0) is 15.1. The van der Waals surface area contributed by atoms with Crippen LogP contribution in [0, 0.1) is 0 Å². The number of ether oxygens (including phenoxy) is 2. The second-order valence-electron chi connectivity index (χ2n) is 5.09. The lowest BCUT2D eigenvalue weighted by Gasteiger charge is -2.36. The highest BCUT2D eigenvalue weighted by Gasteiger charge is 2.42. The summed E-state index contributed by atoms with van der Waals surface area (Å²) >= 11 is 9.17. The number of benzene rings is 1. The predicted octanol–water partition coefficient (Wildman–Crippen LogP) is 2.63. The number of hydrogen-bond donors (Lipinski definition) is 0. The van der Waals surface area contributed by atoms with E-state index >= 15 is 0 Å². The van der Waals surface area contributed by atoms with Crippen LogP contribution in [0.25, 0.3) is 0 Å². The van der Waals surface area contributed by atoms with Gasteiger partial charge in [-0.25, -0.2) is 8.42 Å². The summed E-state index contributed by atoms with van der Waals surface area (Å²) in [5, 5.41) is 0.485. The Labute approximate surface area is 137 Å². The Kier molecular flexibility index (Phi) is 4.33. The van der Waals surface area contributed by atoms with Crippen molar-refractivity contribution < 1.29 is 17.9 Å². The van der Waals surface area contributed by atoms with Gasteiger partial charge in [-0.3, -0.25) is 0 Å². The Morgan fingerprint density at radius 2 is 1.81 bits per heavy atom. The highest BCUT2D eigenvalue weighted by molar-refractivity contribution is 9.10. The lowest BCUT2D eigenvalue weighted by Crippen LogP contribution is -2.47. The number of rotatable bonds is 2. The summed E-state index contributed by atoms with van der Waals surface area (Å²) in [6.07, 6.45) is 1.11. The third kappa shape index (κ3) is 3.00. The van der Waals surface area contributed by atoms with Gasteiger partial charge in [0, 0.05) is 30.4 Å². The van der Waals surface area contributed by atoms with Gasteiger partial charge >= 0.3 is 0 Å². The van der Waals surface area contributed by atoms with Crippen molar-refractivity contribution in [3.63, 3.8) is 0 Å². The first-order chi connectivity index (χ1) is 9.93. The van der Waals surface area contributed by atoms with Crippen LogP contribution in [0.4, 0.5) is 0 Å². The molecular weight excluding hydrogens is 382 g/mol. The van der Waals surface area contributed by atoms with Crippen LogP contribution in [-0.2, 0) is 19.5 Å². The minimum absolute atomic E-state index is 0.239. The van der Waals surface area contributed by atoms with Gasteiger partial charge in [-0.1, -0.05) is 11.6 Å². The maximum Gasteiger partial charge on any atom is 0.243 e. The van der Waals surface area contributed by atoms with Crippen molar-refractivity contribution in [1.82, 2.24) is 4.31 Å². The van der Waals surface area contributed by atoms with Crippen LogP contribution in [0.1, 0.15) is 12.8 Å². The van der Waals surface area contributed by atoms with Crippen molar-refractivity contribution in [3.8, 4) is 0 Å². The highest BCUT2D eigenvalue weighted by Crippen LogP contribution is 2.34. The summed E-state index contributed by atoms with van der Waals surface area (Å²) in [7, 11) is -3.51. The second-order valence-corrected chi connectivity index (χ2v) is 8.29. The number of halogens is 2. The second kappa shape index (κ2) is 5.79. The molecule has 2 heterocycles. The van der Waals surface area contributed by atoms with Crippen LogP contribution in [0.15, 0.2) is 27.6 Å². The van der Waals surface area contributed by atoms with E-state index < -0.39 is 15.8 Å². The summed E-state index contributed by atoms with van der Waals surface area (Å²) in [6.45, 7) is 1.94. The van der Waals surface area contributed by atoms with Crippen molar-refractivity contribution in [2.75, 3.05) is 26.3 Å². The molecule has 0 N–H and O–H groups in total. The maximum atomic E-state index is 12.6. The number of sulfonamides is 1. The van der Waals surface area contributed by atoms with E-state index in [0.717, 1.165) is 0 Å². The van der Waals surface area contributed by atoms with Crippen LogP contribution >= 0.6 is 27.5 Å². The molecule has 8 heteroatoms. The van der Waals surface area contributed by atoms with Gasteiger partial charge in [0.25, 0.3) is 0 Å². The van der Waals surface area contributed by atoms with Crippen LogP contribution in [0.2, 0.25) is 5.02 Å². The Morgan fingerprint density at radius 1 is 1.19 bits per heavy atom. The van der Waals surface area contributed by atoms with Crippen molar-refractivity contribution >= 4 is 37.6 Å². The predicted molar refractivity (Wildman–Crippen MR) is 81.8 cm³/mol. The largest absolute Gasteiger partial charge is 0.347 e. The van der Waals surface area contributed by atoms with E-state index in [1.165, 1.54) is 16.4 Å². The fourth-order valence-corrected chi connectivity index (χ4v) is 4.76. The van der Waals surface area contributed by atoms with Crippen LogP contribution < -0.4 is 0 Å². The first kappa shape index (κ1) is 15.7. The molecule has 2 fully saturated rings. The van der Waals surface area contributed by atoms with Crippen LogP contribution in [0.3, 0.4) is 0 Å². The molecule has 0 radical (unpaired) electrons. The molecule has 5 nitrogen and oxygen atoms in total. The molecule has 3 rings (SSSR count). The summed E-state index contributed by atoms with van der Waals surface area (Å²) < 4.78 is 38.5. The fraction of sp³-hybridized carbons (Fsp3) is 0.538. The van der Waals surface area contributed by atoms with Crippen molar-refractivity contribution in [1.29, 1.82) is 0 Å². The van der Waals surface area contributed by atoms with Crippen molar-refractivity contribution in [3.05, 3.63) is 27.7 Å². The van der Waals surface area contributed by atoms with Gasteiger partial charge < -0.3 is 9.47 Å². The number of piperidine rings is 1. The molecule has 1 spiro atoms. The normalized spacial score (nSPS) is 22.8. The molecule has 0 aromatic heterocycles. The van der Waals surface area contributed by atoms with Gasteiger partial charge in [0.05, 0.1) is 23.1 Å². The Morgan fingerprint density at radius 3 is 2.38 bits per heavy atom. The molecular formula is C13H15BrClNO4S. The van der Waals surface area contributed by atoms with Crippen molar-refractivity contribution in [2.45, 2.75) is 23.5 Å². The average Bonchev–Trinajstić information content (AvgIpc) is 2.90. The molecule has 0 aliphatic carbocycles. The minimum atomic E-state index is -3.51. The Balaban J connectivity index is 1.78. The van der Waals surface area contributed by atoms with E-state index in [9.17, 15) is 8.42 Å². The molecule has 0 bridgehead atoms. The third-order valence-electron chi connectivity index (χ3n) is 3.83. The summed E-state index contributed by atoms with van der Waals surface area (Å²) in [6, 6.07) is 4.63. The lowest BCUT2D eigenvalue weighted by atomic mass is 10.1. The highest BCUT2D eigenvalue weighted by atomic mass is 79.9. The van der Waals surface area contributed by atoms with E-state index in [0.29, 0.717) is 48.6 Å². The topological polar surface area (TPSA) is 55.8 Å². The minimum Gasteiger partial charge on any atom is -0.347 e. The molecule has 21 heavy (non-hydrogen) atoms. The van der Waals surface area contributed by atoms with Crippen LogP contribution in [-0.4, -0.2) is 44.8 Å². The average molecular weight is 397 g/mol. The number of hydrogen-bond acceptors (Lipinski definition) is 4. The van der Waals surface area contributed by atoms with Gasteiger partial charge in [-0.15, -0.1) is 0 Å². The first-order valence-electron chi connectivity index (χ1n) is 6.66. The van der Waals surface area contributed by atoms with E-state index in [-0.39, 0.29) is 4.90 Å². The zero-order valence-electron chi connectivity index (χ0n) is 11.2. The molecule has 0 saturated carbocycles. The molecule has 2 aliphatic heterocycles. The van der Waals surface area contributed by atoms with Gasteiger partial charge in [0.1, 0.15) is 0 Å². The molecule has 1 aromatic carbocycles. The van der Waals surface area contributed by atoms with Crippen molar-refractivity contribution in [2.24, 2.45) is 0 Å². The molecule has 2 aliphatic rings. The summed E-state index contributed by atoms with van der Waals surface area (Å²) in [4.78, 5) is 0.239. The van der Waals surface area contributed by atoms with Gasteiger partial charge in [0.2, 0.25) is 10.0 Å². The first-order valence-corrected chi connectivity index (χ1v) is 9.27. The number of nitrogens with zero attached hydrogens (tertiary/aromatic N) is 1. The monoisotopic (exact) mass is 395 g/mol. The van der Waals surface area contributed by atoms with E-state index in [1.54, 1.807) is 6.07 Å². The summed E-state index contributed by atoms with van der Waals surface area (Å²) in [5.74, 6) is -0.577. The zero-order valence-corrected chi connectivity index (χ0v) is 14.4. The quantitative estimate of drug-likeness (QED) is 0.771. The standard InChI is InChI=1S/C13H15BrClNO4S/c14-11-9-10(1-2-12(11)15)21(17,18)16-5-3-13(4-6-16)19-7-8-20-13/h1-2,9H,3-8H2. The SMILES string of the molecule is O=S(=O)(c1ccc(Cl)c(Br)c1)N1CCC2(CC1)OCCO2. The van der Waals surface area contributed by atoms with E-state index in [2.05, 4.69) is 15.9 Å². The lowest BCUT2D eigenvalue weighted by molar-refractivity contribution is -0.179. The Bertz CT molecular complexity index is 636. The van der Waals surface area contributed by atoms with E-state index in [1.807, 2.05) is 0 Å². The third-order valence-corrected chi connectivity index (χ3v) is 6.94. The fourth-order valence-electron chi connectivity index (χ4n) is 2.64. The summed E-state index contributed by atoms with van der Waals surface area (Å²) in [5.41, 5.74) is 0. The maximum absolute atomic E-state index is 12.6. The molecule has 116 valence electrons. The van der Waals surface area contributed by atoms with E-state index in [4.69, 9.17) is 21.1 Å². The molecule has 0 atom stereocenters. The Hall–Kier alpha value is -0.180. The molecule has 1 aromatic rings. The van der Waals surface area contributed by atoms with Gasteiger partial charge in [-0.2, -0.15) is 4.31 Å². The van der Waals surface area contributed by atoms with Gasteiger partial charge in [0.15, 0.2) is 5.79 Å².